The fourth-order valence-corrected chi connectivity index (χ4v) is 3.63. The van der Waals surface area contributed by atoms with Crippen molar-refractivity contribution in [3.63, 3.8) is 0 Å². The summed E-state index contributed by atoms with van der Waals surface area (Å²) in [5.74, 6) is -0.418. The molecule has 1 aliphatic heterocycles. The summed E-state index contributed by atoms with van der Waals surface area (Å²) in [5, 5.41) is 0.675. The zero-order chi connectivity index (χ0) is 19.5. The number of benzene rings is 1. The van der Waals surface area contributed by atoms with Crippen molar-refractivity contribution >= 4 is 16.8 Å². The van der Waals surface area contributed by atoms with Crippen LogP contribution in [0, 0.1) is 12.7 Å². The number of carbonyl (C=O) groups is 1. The molecule has 1 aromatic carbocycles. The minimum Gasteiger partial charge on any atom is -0.370 e. The number of rotatable bonds is 4. The molecular formula is C22H22FN3O2. The topological polar surface area (TPSA) is 55.3 Å². The number of piperidine rings is 1. The van der Waals surface area contributed by atoms with Crippen LogP contribution in [0.3, 0.4) is 0 Å². The first-order chi connectivity index (χ1) is 13.6. The Morgan fingerprint density at radius 2 is 2.18 bits per heavy atom. The van der Waals surface area contributed by atoms with E-state index in [1.54, 1.807) is 18.3 Å². The second-order valence-electron chi connectivity index (χ2n) is 7.12. The molecule has 6 heteroatoms. The highest BCUT2D eigenvalue weighted by atomic mass is 19.1. The molecule has 1 fully saturated rings. The van der Waals surface area contributed by atoms with Gasteiger partial charge in [0.15, 0.2) is 0 Å². The van der Waals surface area contributed by atoms with Crippen LogP contribution in [0.1, 0.15) is 34.6 Å². The fraction of sp³-hybridized carbons (Fsp3) is 0.318. The molecule has 0 bridgehead atoms. The molecule has 0 radical (unpaired) electrons. The van der Waals surface area contributed by atoms with Gasteiger partial charge in [-0.25, -0.2) is 4.39 Å². The van der Waals surface area contributed by atoms with Crippen LogP contribution < -0.4 is 0 Å². The highest BCUT2D eigenvalue weighted by Gasteiger charge is 2.26. The van der Waals surface area contributed by atoms with Gasteiger partial charge in [0.2, 0.25) is 0 Å². The number of aryl methyl sites for hydroxylation is 1. The van der Waals surface area contributed by atoms with Gasteiger partial charge < -0.3 is 9.64 Å². The minimum absolute atomic E-state index is 0.0219. The van der Waals surface area contributed by atoms with Crippen LogP contribution in [0.4, 0.5) is 4.39 Å². The Bertz CT molecular complexity index is 988. The average Bonchev–Trinajstić information content (AvgIpc) is 2.72. The Morgan fingerprint density at radius 1 is 1.29 bits per heavy atom. The number of aromatic nitrogens is 2. The summed E-state index contributed by atoms with van der Waals surface area (Å²) in [6, 6.07) is 11.9. The van der Waals surface area contributed by atoms with Crippen LogP contribution >= 0.6 is 0 Å². The van der Waals surface area contributed by atoms with Crippen molar-refractivity contribution in [2.24, 2.45) is 0 Å². The largest absolute Gasteiger partial charge is 0.370 e. The molecule has 3 aromatic rings. The normalized spacial score (nSPS) is 17.1. The summed E-state index contributed by atoms with van der Waals surface area (Å²) in [4.78, 5) is 23.7. The number of halogens is 1. The number of pyridine rings is 2. The van der Waals surface area contributed by atoms with E-state index in [4.69, 9.17) is 4.74 Å². The van der Waals surface area contributed by atoms with E-state index < -0.39 is 0 Å². The predicted molar refractivity (Wildman–Crippen MR) is 104 cm³/mol. The monoisotopic (exact) mass is 379 g/mol. The highest BCUT2D eigenvalue weighted by molar-refractivity contribution is 6.06. The number of carbonyl (C=O) groups excluding carboxylic acids is 1. The zero-order valence-electron chi connectivity index (χ0n) is 15.8. The summed E-state index contributed by atoms with van der Waals surface area (Å²) in [5.41, 5.74) is 2.64. The van der Waals surface area contributed by atoms with E-state index in [1.165, 1.54) is 12.1 Å². The Balaban J connectivity index is 1.51. The lowest BCUT2D eigenvalue weighted by Gasteiger charge is -2.33. The predicted octanol–water partition coefficient (Wildman–Crippen LogP) is 3.90. The second-order valence-corrected chi connectivity index (χ2v) is 7.12. The average molecular weight is 379 g/mol. The van der Waals surface area contributed by atoms with Crippen LogP contribution in [0.15, 0.2) is 48.7 Å². The molecule has 1 saturated heterocycles. The Labute approximate surface area is 163 Å². The van der Waals surface area contributed by atoms with E-state index in [2.05, 4.69) is 9.97 Å². The van der Waals surface area contributed by atoms with Crippen LogP contribution in [0.5, 0.6) is 0 Å². The number of hydrogen-bond acceptors (Lipinski definition) is 4. The van der Waals surface area contributed by atoms with E-state index in [1.807, 2.05) is 30.0 Å². The third kappa shape index (κ3) is 4.02. The Hall–Kier alpha value is -2.86. The van der Waals surface area contributed by atoms with E-state index in [9.17, 15) is 9.18 Å². The third-order valence-electron chi connectivity index (χ3n) is 4.99. The molecule has 5 nitrogen and oxygen atoms in total. The first kappa shape index (κ1) is 18.5. The lowest BCUT2D eigenvalue weighted by atomic mass is 10.0. The van der Waals surface area contributed by atoms with Crippen molar-refractivity contribution < 1.29 is 13.9 Å². The number of fused-ring (bicyclic) bond motifs is 1. The summed E-state index contributed by atoms with van der Waals surface area (Å²) < 4.78 is 19.6. The van der Waals surface area contributed by atoms with Crippen LogP contribution in [-0.2, 0) is 11.3 Å². The molecule has 1 unspecified atom stereocenters. The molecule has 1 atom stereocenters. The van der Waals surface area contributed by atoms with Gasteiger partial charge in [0.1, 0.15) is 5.82 Å². The molecule has 1 amide bonds. The highest BCUT2D eigenvalue weighted by Crippen LogP contribution is 2.23. The van der Waals surface area contributed by atoms with Crippen molar-refractivity contribution in [2.75, 3.05) is 13.1 Å². The Morgan fingerprint density at radius 3 is 3.00 bits per heavy atom. The van der Waals surface area contributed by atoms with Gasteiger partial charge in [-0.15, -0.1) is 0 Å². The summed E-state index contributed by atoms with van der Waals surface area (Å²) in [7, 11) is 0. The van der Waals surface area contributed by atoms with Crippen molar-refractivity contribution in [3.8, 4) is 0 Å². The SMILES string of the molecule is Cc1cc(C(=O)N2CCCC(OCc3ccccn3)C2)c2ccc(F)cc2n1. The smallest absolute Gasteiger partial charge is 0.254 e. The fourth-order valence-electron chi connectivity index (χ4n) is 3.63. The van der Waals surface area contributed by atoms with Gasteiger partial charge >= 0.3 is 0 Å². The van der Waals surface area contributed by atoms with Crippen molar-refractivity contribution in [3.05, 3.63) is 71.4 Å². The second kappa shape index (κ2) is 8.02. The number of nitrogens with zero attached hydrogens (tertiary/aromatic N) is 3. The van der Waals surface area contributed by atoms with E-state index in [0.29, 0.717) is 41.9 Å². The maximum atomic E-state index is 13.6. The quantitative estimate of drug-likeness (QED) is 0.690. The molecule has 2 aromatic heterocycles. The Kier molecular flexibility index (Phi) is 5.30. The van der Waals surface area contributed by atoms with E-state index in [0.717, 1.165) is 18.5 Å². The first-order valence-corrected chi connectivity index (χ1v) is 9.48. The van der Waals surface area contributed by atoms with Crippen molar-refractivity contribution in [1.82, 2.24) is 14.9 Å². The molecular weight excluding hydrogens is 357 g/mol. The van der Waals surface area contributed by atoms with Crippen LogP contribution in [-0.4, -0.2) is 40.0 Å². The van der Waals surface area contributed by atoms with Gasteiger partial charge in [-0.05, 0) is 50.1 Å². The lowest BCUT2D eigenvalue weighted by Crippen LogP contribution is -2.43. The van der Waals surface area contributed by atoms with Crippen LogP contribution in [0.25, 0.3) is 10.9 Å². The van der Waals surface area contributed by atoms with Crippen LogP contribution in [0.2, 0.25) is 0 Å². The standard InChI is InChI=1S/C22H22FN3O2/c1-15-11-20(19-8-7-16(23)12-21(19)25-15)22(27)26-10-4-6-18(13-26)28-14-17-5-2-3-9-24-17/h2-3,5,7-9,11-12,18H,4,6,10,13-14H2,1H3. The first-order valence-electron chi connectivity index (χ1n) is 9.48. The van der Waals surface area contributed by atoms with Gasteiger partial charge in [-0.3, -0.25) is 14.8 Å². The summed E-state index contributed by atoms with van der Waals surface area (Å²) >= 11 is 0. The summed E-state index contributed by atoms with van der Waals surface area (Å²) in [6.07, 6.45) is 3.52. The van der Waals surface area contributed by atoms with Crippen molar-refractivity contribution in [2.45, 2.75) is 32.5 Å². The van der Waals surface area contributed by atoms with E-state index in [-0.39, 0.29) is 17.8 Å². The number of ether oxygens (including phenoxy) is 1. The maximum absolute atomic E-state index is 13.6. The van der Waals surface area contributed by atoms with E-state index >= 15 is 0 Å². The van der Waals surface area contributed by atoms with Gasteiger partial charge in [0, 0.05) is 36.4 Å². The third-order valence-corrected chi connectivity index (χ3v) is 4.99. The minimum atomic E-state index is -0.357. The number of hydrogen-bond donors (Lipinski definition) is 0. The number of amides is 1. The molecule has 0 aliphatic carbocycles. The van der Waals surface area contributed by atoms with Gasteiger partial charge in [0.25, 0.3) is 5.91 Å². The molecule has 0 spiro atoms. The molecule has 3 heterocycles. The van der Waals surface area contributed by atoms with Gasteiger partial charge in [0.05, 0.1) is 29.5 Å². The van der Waals surface area contributed by atoms with Gasteiger partial charge in [-0.2, -0.15) is 0 Å². The lowest BCUT2D eigenvalue weighted by molar-refractivity contribution is -0.00780. The molecule has 144 valence electrons. The molecule has 1 aliphatic rings. The molecule has 28 heavy (non-hydrogen) atoms. The maximum Gasteiger partial charge on any atom is 0.254 e. The summed E-state index contributed by atoms with van der Waals surface area (Å²) in [6.45, 7) is 3.47. The molecule has 0 saturated carbocycles. The number of likely N-dealkylation sites (tertiary alicyclic amines) is 1. The van der Waals surface area contributed by atoms with Crippen molar-refractivity contribution in [1.29, 1.82) is 0 Å². The molecule has 4 rings (SSSR count). The zero-order valence-corrected chi connectivity index (χ0v) is 15.8. The van der Waals surface area contributed by atoms with Gasteiger partial charge in [-0.1, -0.05) is 6.07 Å². The molecule has 0 N–H and O–H groups in total.